The van der Waals surface area contributed by atoms with Gasteiger partial charge in [0.2, 0.25) is 11.8 Å². The van der Waals surface area contributed by atoms with Crippen LogP contribution in [-0.4, -0.2) is 66.6 Å². The number of rotatable bonds is 6. The van der Waals surface area contributed by atoms with Gasteiger partial charge in [0.1, 0.15) is 12.2 Å². The maximum absolute atomic E-state index is 12.3. The van der Waals surface area contributed by atoms with Crippen LogP contribution in [0, 0.1) is 5.92 Å². The maximum Gasteiger partial charge on any atom is 0.248 e. The Bertz CT molecular complexity index is 666. The Hall–Kier alpha value is -1.92. The van der Waals surface area contributed by atoms with Crippen molar-refractivity contribution in [3.05, 3.63) is 35.9 Å². The number of likely N-dealkylation sites (tertiary alicyclic amines) is 2. The molecule has 3 heterocycles. The molecule has 3 aliphatic heterocycles. The van der Waals surface area contributed by atoms with E-state index in [4.69, 9.17) is 9.47 Å². The Labute approximate surface area is 160 Å². The van der Waals surface area contributed by atoms with Crippen LogP contribution in [0.5, 0.6) is 0 Å². The molecule has 1 aromatic carbocycles. The molecule has 1 unspecified atom stereocenters. The van der Waals surface area contributed by atoms with Gasteiger partial charge in [0.15, 0.2) is 0 Å². The van der Waals surface area contributed by atoms with E-state index in [0.717, 1.165) is 37.9 Å². The fourth-order valence-corrected chi connectivity index (χ4v) is 4.38. The third-order valence-corrected chi connectivity index (χ3v) is 5.86. The van der Waals surface area contributed by atoms with Crippen LogP contribution in [0.1, 0.15) is 31.2 Å². The molecule has 3 saturated heterocycles. The van der Waals surface area contributed by atoms with Gasteiger partial charge in [0, 0.05) is 19.5 Å². The molecule has 3 fully saturated rings. The van der Waals surface area contributed by atoms with Gasteiger partial charge in [-0.15, -0.1) is 0 Å². The largest absolute Gasteiger partial charge is 0.371 e. The molecular weight excluding hydrogens is 344 g/mol. The highest BCUT2D eigenvalue weighted by Gasteiger charge is 2.51. The Kier molecular flexibility index (Phi) is 5.45. The van der Waals surface area contributed by atoms with Crippen LogP contribution in [0.2, 0.25) is 0 Å². The number of carbonyl (C=O) groups is 2. The lowest BCUT2D eigenvalue weighted by molar-refractivity contribution is -0.162. The molecule has 0 radical (unpaired) electrons. The molecule has 146 valence electrons. The van der Waals surface area contributed by atoms with Crippen LogP contribution in [0.4, 0.5) is 0 Å². The van der Waals surface area contributed by atoms with Gasteiger partial charge in [-0.2, -0.15) is 0 Å². The highest BCUT2D eigenvalue weighted by molar-refractivity contribution is 5.79. The van der Waals surface area contributed by atoms with E-state index in [1.54, 1.807) is 4.90 Å². The Balaban J connectivity index is 1.16. The number of hydrogen-bond donors (Lipinski definition) is 0. The van der Waals surface area contributed by atoms with Crippen molar-refractivity contribution in [2.24, 2.45) is 5.92 Å². The minimum absolute atomic E-state index is 0.0109. The van der Waals surface area contributed by atoms with Crippen molar-refractivity contribution in [1.29, 1.82) is 0 Å². The summed E-state index contributed by atoms with van der Waals surface area (Å²) in [5, 5.41) is 0. The van der Waals surface area contributed by atoms with Gasteiger partial charge >= 0.3 is 0 Å². The van der Waals surface area contributed by atoms with Gasteiger partial charge in [-0.05, 0) is 30.7 Å². The molecule has 0 aliphatic carbocycles. The molecule has 1 aromatic rings. The second-order valence-electron chi connectivity index (χ2n) is 8.08. The quantitative estimate of drug-likeness (QED) is 0.765. The normalized spacial score (nSPS) is 23.6. The predicted molar refractivity (Wildman–Crippen MR) is 99.9 cm³/mol. The zero-order valence-electron chi connectivity index (χ0n) is 15.8. The van der Waals surface area contributed by atoms with Gasteiger partial charge in [-0.3, -0.25) is 9.59 Å². The van der Waals surface area contributed by atoms with Gasteiger partial charge in [0.05, 0.1) is 26.3 Å². The van der Waals surface area contributed by atoms with E-state index in [1.165, 1.54) is 0 Å². The van der Waals surface area contributed by atoms with Crippen LogP contribution in [0.3, 0.4) is 0 Å². The molecule has 6 heteroatoms. The summed E-state index contributed by atoms with van der Waals surface area (Å²) in [4.78, 5) is 28.4. The fourth-order valence-electron chi connectivity index (χ4n) is 4.38. The Morgan fingerprint density at radius 3 is 2.56 bits per heavy atom. The van der Waals surface area contributed by atoms with E-state index in [-0.39, 0.29) is 29.9 Å². The zero-order chi connectivity index (χ0) is 18.7. The summed E-state index contributed by atoms with van der Waals surface area (Å²) in [6.07, 6.45) is 3.71. The Morgan fingerprint density at radius 2 is 1.81 bits per heavy atom. The lowest BCUT2D eigenvalue weighted by Gasteiger charge is -2.47. The molecule has 27 heavy (non-hydrogen) atoms. The zero-order valence-corrected chi connectivity index (χ0v) is 15.8. The molecule has 4 rings (SSSR count). The maximum atomic E-state index is 12.3. The van der Waals surface area contributed by atoms with Crippen molar-refractivity contribution in [3.8, 4) is 0 Å². The summed E-state index contributed by atoms with van der Waals surface area (Å²) in [5.74, 6) is 0.557. The van der Waals surface area contributed by atoms with E-state index < -0.39 is 0 Å². The SMILES string of the molecule is O=C(CC1COC2(C1)CN(C(=O)COCc1ccccc1)C2)N1CCCC1. The second-order valence-corrected chi connectivity index (χ2v) is 8.08. The molecular formula is C21H28N2O4. The van der Waals surface area contributed by atoms with Crippen LogP contribution < -0.4 is 0 Å². The van der Waals surface area contributed by atoms with Gasteiger partial charge in [-0.25, -0.2) is 0 Å². The lowest BCUT2D eigenvalue weighted by Crippen LogP contribution is -2.63. The van der Waals surface area contributed by atoms with E-state index in [0.29, 0.717) is 32.7 Å². The van der Waals surface area contributed by atoms with Crippen molar-refractivity contribution in [3.63, 3.8) is 0 Å². The molecule has 1 atom stereocenters. The van der Waals surface area contributed by atoms with E-state index in [1.807, 2.05) is 35.2 Å². The predicted octanol–water partition coefficient (Wildman–Crippen LogP) is 1.83. The summed E-state index contributed by atoms with van der Waals surface area (Å²) >= 11 is 0. The van der Waals surface area contributed by atoms with Crippen molar-refractivity contribution in [2.75, 3.05) is 39.4 Å². The molecule has 3 aliphatic rings. The third-order valence-electron chi connectivity index (χ3n) is 5.86. The van der Waals surface area contributed by atoms with E-state index in [2.05, 4.69) is 0 Å². The lowest BCUT2D eigenvalue weighted by atomic mass is 9.85. The number of carbonyl (C=O) groups excluding carboxylic acids is 2. The van der Waals surface area contributed by atoms with Crippen LogP contribution in [0.15, 0.2) is 30.3 Å². The number of nitrogens with zero attached hydrogens (tertiary/aromatic N) is 2. The molecule has 0 N–H and O–H groups in total. The Morgan fingerprint density at radius 1 is 1.07 bits per heavy atom. The van der Waals surface area contributed by atoms with Crippen LogP contribution in [-0.2, 0) is 25.7 Å². The number of amides is 2. The highest BCUT2D eigenvalue weighted by atomic mass is 16.5. The molecule has 0 saturated carbocycles. The minimum Gasteiger partial charge on any atom is -0.371 e. The standard InChI is InChI=1S/C21H28N2O4/c24-19(22-8-4-5-9-22)10-18-11-21(27-13-18)15-23(16-21)20(25)14-26-12-17-6-2-1-3-7-17/h1-3,6-7,18H,4-5,8-16H2. The summed E-state index contributed by atoms with van der Waals surface area (Å²) in [5.41, 5.74) is 0.834. The van der Waals surface area contributed by atoms with Crippen molar-refractivity contribution >= 4 is 11.8 Å². The topological polar surface area (TPSA) is 59.1 Å². The summed E-state index contributed by atoms with van der Waals surface area (Å²) in [6, 6.07) is 9.85. The summed E-state index contributed by atoms with van der Waals surface area (Å²) in [7, 11) is 0. The van der Waals surface area contributed by atoms with Gasteiger partial charge < -0.3 is 19.3 Å². The molecule has 0 bridgehead atoms. The fraction of sp³-hybridized carbons (Fsp3) is 0.619. The van der Waals surface area contributed by atoms with Gasteiger partial charge in [0.25, 0.3) is 0 Å². The first-order valence-electron chi connectivity index (χ1n) is 9.95. The average Bonchev–Trinajstić information content (AvgIpc) is 3.31. The monoisotopic (exact) mass is 372 g/mol. The molecule has 0 aromatic heterocycles. The second kappa shape index (κ2) is 7.98. The first kappa shape index (κ1) is 18.4. The minimum atomic E-state index is -0.231. The molecule has 1 spiro atoms. The van der Waals surface area contributed by atoms with Crippen molar-refractivity contribution in [2.45, 2.75) is 37.9 Å². The number of benzene rings is 1. The van der Waals surface area contributed by atoms with Crippen LogP contribution >= 0.6 is 0 Å². The summed E-state index contributed by atoms with van der Waals surface area (Å²) < 4.78 is 11.5. The van der Waals surface area contributed by atoms with Crippen molar-refractivity contribution < 1.29 is 19.1 Å². The summed E-state index contributed by atoms with van der Waals surface area (Å²) in [6.45, 7) is 4.23. The molecule has 2 amide bonds. The van der Waals surface area contributed by atoms with Gasteiger partial charge in [-0.1, -0.05) is 30.3 Å². The van der Waals surface area contributed by atoms with E-state index >= 15 is 0 Å². The highest BCUT2D eigenvalue weighted by Crippen LogP contribution is 2.39. The number of ether oxygens (including phenoxy) is 2. The average molecular weight is 372 g/mol. The molecule has 6 nitrogen and oxygen atoms in total. The first-order valence-corrected chi connectivity index (χ1v) is 9.95. The van der Waals surface area contributed by atoms with Crippen molar-refractivity contribution in [1.82, 2.24) is 9.80 Å². The smallest absolute Gasteiger partial charge is 0.248 e. The number of hydrogen-bond acceptors (Lipinski definition) is 4. The first-order chi connectivity index (χ1) is 13.1. The van der Waals surface area contributed by atoms with Crippen LogP contribution in [0.25, 0.3) is 0 Å². The third kappa shape index (κ3) is 4.33. The van der Waals surface area contributed by atoms with E-state index in [9.17, 15) is 9.59 Å².